The average molecular weight is 401 g/mol. The first-order chi connectivity index (χ1) is 12.6. The lowest BCUT2D eigenvalue weighted by Crippen LogP contribution is -2.35. The predicted molar refractivity (Wildman–Crippen MR) is 106 cm³/mol. The molecule has 0 saturated heterocycles. The van der Waals surface area contributed by atoms with Gasteiger partial charge in [-0.1, -0.05) is 53.7 Å². The number of thioether (sulfide) groups is 1. The van der Waals surface area contributed by atoms with E-state index in [9.17, 15) is 9.59 Å². The van der Waals surface area contributed by atoms with Crippen LogP contribution in [0.1, 0.15) is 5.56 Å². The molecule has 1 aliphatic heterocycles. The van der Waals surface area contributed by atoms with Gasteiger partial charge in [0.1, 0.15) is 0 Å². The Kier molecular flexibility index (Phi) is 4.80. The Hall–Kier alpha value is -2.15. The molecule has 0 aliphatic carbocycles. The van der Waals surface area contributed by atoms with Gasteiger partial charge in [0.15, 0.2) is 4.34 Å². The lowest BCUT2D eigenvalue weighted by Gasteiger charge is -2.14. The third-order valence-corrected chi connectivity index (χ3v) is 6.27. The number of carbonyl (C=O) groups is 2. The summed E-state index contributed by atoms with van der Waals surface area (Å²) in [6, 6.07) is 14.9. The average Bonchev–Trinajstić information content (AvgIpc) is 3.24. The number of nitrogens with zero attached hydrogens (tertiary/aromatic N) is 2. The molecule has 7 heteroatoms. The Labute approximate surface area is 163 Å². The van der Waals surface area contributed by atoms with Crippen LogP contribution in [0.5, 0.6) is 0 Å². The van der Waals surface area contributed by atoms with Crippen molar-refractivity contribution in [1.82, 2.24) is 4.98 Å². The molecule has 0 atom stereocenters. The molecule has 0 bridgehead atoms. The Morgan fingerprint density at radius 1 is 1.19 bits per heavy atom. The molecule has 1 aromatic heterocycles. The molecule has 2 heterocycles. The van der Waals surface area contributed by atoms with Crippen molar-refractivity contribution in [2.24, 2.45) is 0 Å². The number of aromatic nitrogens is 1. The van der Waals surface area contributed by atoms with Crippen LogP contribution in [0.15, 0.2) is 58.3 Å². The van der Waals surface area contributed by atoms with Crippen LogP contribution in [-0.2, 0) is 16.0 Å². The number of thiazole rings is 1. The zero-order chi connectivity index (χ0) is 18.1. The van der Waals surface area contributed by atoms with Crippen molar-refractivity contribution in [3.63, 3.8) is 0 Å². The van der Waals surface area contributed by atoms with E-state index in [1.165, 1.54) is 28.0 Å². The normalized spacial score (nSPS) is 13.1. The fourth-order valence-corrected chi connectivity index (χ4v) is 4.60. The number of anilines is 1. The highest BCUT2D eigenvalue weighted by molar-refractivity contribution is 8.01. The highest BCUT2D eigenvalue weighted by Gasteiger charge is 2.31. The van der Waals surface area contributed by atoms with E-state index in [4.69, 9.17) is 11.6 Å². The van der Waals surface area contributed by atoms with Crippen LogP contribution in [0.4, 0.5) is 5.69 Å². The van der Waals surface area contributed by atoms with Crippen molar-refractivity contribution in [3.8, 4) is 11.3 Å². The highest BCUT2D eigenvalue weighted by Crippen LogP contribution is 2.32. The van der Waals surface area contributed by atoms with E-state index in [0.717, 1.165) is 21.2 Å². The topological polar surface area (TPSA) is 50.3 Å². The maximum Gasteiger partial charge on any atom is 0.244 e. The summed E-state index contributed by atoms with van der Waals surface area (Å²) in [6.45, 7) is 0. The summed E-state index contributed by atoms with van der Waals surface area (Å²) < 4.78 is 0.795. The Morgan fingerprint density at radius 3 is 2.77 bits per heavy atom. The second-order valence-corrected chi connectivity index (χ2v) is 8.24. The van der Waals surface area contributed by atoms with Crippen molar-refractivity contribution in [1.29, 1.82) is 0 Å². The van der Waals surface area contributed by atoms with E-state index in [2.05, 4.69) is 4.98 Å². The van der Waals surface area contributed by atoms with Gasteiger partial charge in [-0.2, -0.15) is 0 Å². The van der Waals surface area contributed by atoms with Gasteiger partial charge in [-0.05, 0) is 23.8 Å². The second-order valence-electron chi connectivity index (χ2n) is 5.72. The summed E-state index contributed by atoms with van der Waals surface area (Å²) in [5, 5.41) is 2.63. The molecule has 130 valence electrons. The van der Waals surface area contributed by atoms with Gasteiger partial charge < -0.3 is 0 Å². The number of rotatable bonds is 4. The maximum absolute atomic E-state index is 12.6. The molecule has 26 heavy (non-hydrogen) atoms. The monoisotopic (exact) mass is 400 g/mol. The van der Waals surface area contributed by atoms with Crippen LogP contribution in [0.25, 0.3) is 11.3 Å². The lowest BCUT2D eigenvalue weighted by molar-refractivity contribution is -0.124. The van der Waals surface area contributed by atoms with Gasteiger partial charge in [-0.3, -0.25) is 9.59 Å². The number of carbonyl (C=O) groups excluding carboxylic acids is 2. The summed E-state index contributed by atoms with van der Waals surface area (Å²) >= 11 is 8.74. The summed E-state index contributed by atoms with van der Waals surface area (Å²) in [6.07, 6.45) is 0.282. The van der Waals surface area contributed by atoms with E-state index >= 15 is 0 Å². The van der Waals surface area contributed by atoms with Gasteiger partial charge in [0.2, 0.25) is 11.8 Å². The molecule has 0 saturated carbocycles. The van der Waals surface area contributed by atoms with E-state index < -0.39 is 0 Å². The number of hydrogen-bond acceptors (Lipinski definition) is 5. The zero-order valence-corrected chi connectivity index (χ0v) is 15.9. The molecule has 0 spiro atoms. The molecule has 4 rings (SSSR count). The van der Waals surface area contributed by atoms with E-state index in [0.29, 0.717) is 10.7 Å². The number of amides is 2. The van der Waals surface area contributed by atoms with Gasteiger partial charge in [0.25, 0.3) is 0 Å². The fourth-order valence-electron chi connectivity index (χ4n) is 2.79. The van der Waals surface area contributed by atoms with Gasteiger partial charge in [0, 0.05) is 16.0 Å². The SMILES string of the molecule is O=C(CSc1nc(-c2ccc(Cl)cc2)cs1)N1C(=O)Cc2ccccc21. The molecule has 2 aromatic carbocycles. The minimum absolute atomic E-state index is 0.169. The van der Waals surface area contributed by atoms with Crippen LogP contribution >= 0.6 is 34.7 Å². The number of hydrogen-bond donors (Lipinski definition) is 0. The lowest BCUT2D eigenvalue weighted by atomic mass is 10.2. The van der Waals surface area contributed by atoms with Crippen LogP contribution in [0, 0.1) is 0 Å². The van der Waals surface area contributed by atoms with Gasteiger partial charge in [0.05, 0.1) is 23.6 Å². The quantitative estimate of drug-likeness (QED) is 0.597. The predicted octanol–water partition coefficient (Wildman–Crippen LogP) is 4.67. The van der Waals surface area contributed by atoms with Crippen molar-refractivity contribution in [2.45, 2.75) is 10.8 Å². The molecule has 0 N–H and O–H groups in total. The highest BCUT2D eigenvalue weighted by atomic mass is 35.5. The molecular weight excluding hydrogens is 388 g/mol. The third-order valence-electron chi connectivity index (χ3n) is 4.02. The molecule has 3 aromatic rings. The van der Waals surface area contributed by atoms with Crippen LogP contribution in [0.3, 0.4) is 0 Å². The van der Waals surface area contributed by atoms with Crippen molar-refractivity contribution in [2.75, 3.05) is 10.7 Å². The number of imide groups is 1. The summed E-state index contributed by atoms with van der Waals surface area (Å²) in [7, 11) is 0. The smallest absolute Gasteiger partial charge is 0.244 e. The largest absolute Gasteiger partial charge is 0.274 e. The summed E-state index contributed by atoms with van der Waals surface area (Å²) in [5.74, 6) is -0.209. The number of fused-ring (bicyclic) bond motifs is 1. The zero-order valence-electron chi connectivity index (χ0n) is 13.5. The molecule has 0 unspecified atom stereocenters. The first-order valence-electron chi connectivity index (χ1n) is 7.90. The molecule has 4 nitrogen and oxygen atoms in total. The molecular formula is C19H13ClN2O2S2. The van der Waals surface area contributed by atoms with Crippen LogP contribution in [0.2, 0.25) is 5.02 Å². The minimum Gasteiger partial charge on any atom is -0.274 e. The van der Waals surface area contributed by atoms with Crippen LogP contribution in [-0.4, -0.2) is 22.6 Å². The fraction of sp³-hybridized carbons (Fsp3) is 0.105. The molecule has 0 radical (unpaired) electrons. The second kappa shape index (κ2) is 7.23. The Morgan fingerprint density at radius 2 is 1.96 bits per heavy atom. The van der Waals surface area contributed by atoms with Gasteiger partial charge >= 0.3 is 0 Å². The molecule has 0 fully saturated rings. The Balaban J connectivity index is 1.44. The minimum atomic E-state index is -0.215. The summed E-state index contributed by atoms with van der Waals surface area (Å²) in [5.41, 5.74) is 3.43. The number of halogens is 1. The van der Waals surface area contributed by atoms with Crippen molar-refractivity contribution in [3.05, 3.63) is 64.5 Å². The van der Waals surface area contributed by atoms with E-state index in [1.807, 2.05) is 53.9 Å². The first kappa shape index (κ1) is 17.3. The van der Waals surface area contributed by atoms with E-state index in [1.54, 1.807) is 0 Å². The number of para-hydroxylation sites is 1. The Bertz CT molecular complexity index is 985. The first-order valence-corrected chi connectivity index (χ1v) is 10.1. The third kappa shape index (κ3) is 3.40. The van der Waals surface area contributed by atoms with Crippen molar-refractivity contribution < 1.29 is 9.59 Å². The van der Waals surface area contributed by atoms with Gasteiger partial charge in [-0.15, -0.1) is 11.3 Å². The summed E-state index contributed by atoms with van der Waals surface area (Å²) in [4.78, 5) is 30.6. The van der Waals surface area contributed by atoms with Crippen LogP contribution < -0.4 is 4.90 Å². The molecule has 2 amide bonds. The van der Waals surface area contributed by atoms with Gasteiger partial charge in [-0.25, -0.2) is 9.88 Å². The molecule has 1 aliphatic rings. The van der Waals surface area contributed by atoms with Crippen molar-refractivity contribution >= 4 is 52.2 Å². The van der Waals surface area contributed by atoms with E-state index in [-0.39, 0.29) is 24.0 Å². The standard InChI is InChI=1S/C19H13ClN2O2S2/c20-14-7-5-12(6-8-14)15-10-25-19(21-15)26-11-18(24)22-16-4-2-1-3-13(16)9-17(22)23/h1-8,10H,9,11H2. The number of benzene rings is 2. The maximum atomic E-state index is 12.6.